The lowest BCUT2D eigenvalue weighted by Gasteiger charge is -2.16. The maximum absolute atomic E-state index is 12.1. The largest absolute Gasteiger partial charge is 0.497 e. The monoisotopic (exact) mass is 325 g/mol. The first-order chi connectivity index (χ1) is 10.0. The molecular weight excluding hydrogens is 310 g/mol. The van der Waals surface area contributed by atoms with Crippen molar-refractivity contribution in [1.82, 2.24) is 5.32 Å². The summed E-state index contributed by atoms with van der Waals surface area (Å²) in [5.74, 6) is 0.137. The van der Waals surface area contributed by atoms with Crippen LogP contribution in [0.2, 0.25) is 4.34 Å². The Morgan fingerprint density at radius 2 is 2.14 bits per heavy atom. The average molecular weight is 326 g/mol. The molecule has 0 spiro atoms. The molecule has 2 N–H and O–H groups in total. The molecule has 0 bridgehead atoms. The minimum atomic E-state index is -1.24. The Balaban J connectivity index is 2.05. The van der Waals surface area contributed by atoms with Gasteiger partial charge in [-0.05, 0) is 36.8 Å². The maximum Gasteiger partial charge on any atom is 0.253 e. The highest BCUT2D eigenvalue weighted by Gasteiger charge is 2.20. The molecule has 6 heteroatoms. The molecule has 4 nitrogen and oxygen atoms in total. The summed E-state index contributed by atoms with van der Waals surface area (Å²) in [5, 5.41) is 12.9. The number of halogens is 1. The van der Waals surface area contributed by atoms with Crippen LogP contribution in [0, 0.1) is 0 Å². The van der Waals surface area contributed by atoms with Crippen LogP contribution < -0.4 is 10.1 Å². The number of carbonyl (C=O) groups excluding carboxylic acids is 1. The molecule has 0 saturated carbocycles. The molecule has 1 aromatic heterocycles. The van der Waals surface area contributed by atoms with Crippen LogP contribution in [0.3, 0.4) is 0 Å². The van der Waals surface area contributed by atoms with E-state index in [9.17, 15) is 9.90 Å². The number of aliphatic hydroxyl groups is 1. The predicted molar refractivity (Wildman–Crippen MR) is 83.8 cm³/mol. The van der Waals surface area contributed by atoms with Crippen LogP contribution in [-0.4, -0.2) is 18.1 Å². The average Bonchev–Trinajstić information content (AvgIpc) is 2.93. The molecular formula is C15H16ClNO3S. The molecule has 0 aliphatic carbocycles. The SMILES string of the molecule is COc1cccc(C(O)C(=O)NC(C)c2ccc(Cl)s2)c1. The second kappa shape index (κ2) is 6.93. The summed E-state index contributed by atoms with van der Waals surface area (Å²) < 4.78 is 5.75. The number of carbonyl (C=O) groups is 1. The van der Waals surface area contributed by atoms with E-state index in [0.29, 0.717) is 15.6 Å². The zero-order valence-corrected chi connectivity index (χ0v) is 13.2. The van der Waals surface area contributed by atoms with E-state index in [0.717, 1.165) is 4.88 Å². The number of hydrogen-bond donors (Lipinski definition) is 2. The lowest BCUT2D eigenvalue weighted by atomic mass is 10.1. The molecule has 1 amide bonds. The van der Waals surface area contributed by atoms with Gasteiger partial charge >= 0.3 is 0 Å². The number of hydrogen-bond acceptors (Lipinski definition) is 4. The summed E-state index contributed by atoms with van der Waals surface area (Å²) in [6.45, 7) is 1.85. The van der Waals surface area contributed by atoms with Gasteiger partial charge in [-0.15, -0.1) is 11.3 Å². The van der Waals surface area contributed by atoms with Gasteiger partial charge in [-0.25, -0.2) is 0 Å². The van der Waals surface area contributed by atoms with Crippen LogP contribution >= 0.6 is 22.9 Å². The van der Waals surface area contributed by atoms with Crippen molar-refractivity contribution < 1.29 is 14.6 Å². The normalized spacial score (nSPS) is 13.5. The number of aliphatic hydroxyl groups excluding tert-OH is 1. The predicted octanol–water partition coefficient (Wildman–Crippen LogP) is 3.32. The standard InChI is InChI=1S/C15H16ClNO3S/c1-9(12-6-7-13(16)21-12)17-15(19)14(18)10-4-3-5-11(8-10)20-2/h3-9,14,18H,1-2H3,(H,17,19). The van der Waals surface area contributed by atoms with Crippen LogP contribution in [0.25, 0.3) is 0 Å². The second-order valence-corrected chi connectivity index (χ2v) is 6.30. The van der Waals surface area contributed by atoms with Crippen molar-refractivity contribution in [2.24, 2.45) is 0 Å². The summed E-state index contributed by atoms with van der Waals surface area (Å²) in [6.07, 6.45) is -1.24. The first-order valence-corrected chi connectivity index (χ1v) is 7.58. The molecule has 0 radical (unpaired) electrons. The Labute approximate surface area is 132 Å². The molecule has 0 saturated heterocycles. The van der Waals surface area contributed by atoms with Crippen molar-refractivity contribution in [2.75, 3.05) is 7.11 Å². The summed E-state index contributed by atoms with van der Waals surface area (Å²) in [5.41, 5.74) is 0.489. The van der Waals surface area contributed by atoms with Gasteiger partial charge in [0.15, 0.2) is 6.10 Å². The Kier molecular flexibility index (Phi) is 5.22. The van der Waals surface area contributed by atoms with Gasteiger partial charge in [0.05, 0.1) is 17.5 Å². The first-order valence-electron chi connectivity index (χ1n) is 6.39. The molecule has 21 heavy (non-hydrogen) atoms. The van der Waals surface area contributed by atoms with E-state index in [2.05, 4.69) is 5.32 Å². The van der Waals surface area contributed by atoms with E-state index in [1.807, 2.05) is 13.0 Å². The minimum Gasteiger partial charge on any atom is -0.497 e. The fraction of sp³-hybridized carbons (Fsp3) is 0.267. The van der Waals surface area contributed by atoms with Crippen molar-refractivity contribution in [2.45, 2.75) is 19.1 Å². The molecule has 0 aliphatic rings. The van der Waals surface area contributed by atoms with Crippen LogP contribution in [0.4, 0.5) is 0 Å². The van der Waals surface area contributed by atoms with Crippen LogP contribution in [0.5, 0.6) is 5.75 Å². The summed E-state index contributed by atoms with van der Waals surface area (Å²) in [6, 6.07) is 10.2. The number of methoxy groups -OCH3 is 1. The molecule has 2 atom stereocenters. The van der Waals surface area contributed by atoms with E-state index in [1.165, 1.54) is 18.4 Å². The number of amides is 1. The number of nitrogens with one attached hydrogen (secondary N) is 1. The molecule has 1 aromatic carbocycles. The van der Waals surface area contributed by atoms with E-state index in [-0.39, 0.29) is 6.04 Å². The zero-order chi connectivity index (χ0) is 15.4. The highest BCUT2D eigenvalue weighted by Crippen LogP contribution is 2.27. The topological polar surface area (TPSA) is 58.6 Å². The van der Waals surface area contributed by atoms with Crippen molar-refractivity contribution >= 4 is 28.8 Å². The Hall–Kier alpha value is -1.56. The third-order valence-corrected chi connectivity index (χ3v) is 4.45. The van der Waals surface area contributed by atoms with Gasteiger partial charge in [-0.3, -0.25) is 4.79 Å². The number of benzene rings is 1. The van der Waals surface area contributed by atoms with Gasteiger partial charge in [0.2, 0.25) is 0 Å². The lowest BCUT2D eigenvalue weighted by Crippen LogP contribution is -2.31. The number of thiophene rings is 1. The van der Waals surface area contributed by atoms with Gasteiger partial charge < -0.3 is 15.2 Å². The zero-order valence-electron chi connectivity index (χ0n) is 11.7. The van der Waals surface area contributed by atoms with Gasteiger partial charge in [-0.2, -0.15) is 0 Å². The van der Waals surface area contributed by atoms with Crippen LogP contribution in [0.15, 0.2) is 36.4 Å². The van der Waals surface area contributed by atoms with Crippen LogP contribution in [-0.2, 0) is 4.79 Å². The fourth-order valence-electron chi connectivity index (χ4n) is 1.89. The highest BCUT2D eigenvalue weighted by molar-refractivity contribution is 7.16. The van der Waals surface area contributed by atoms with Gasteiger partial charge in [-0.1, -0.05) is 23.7 Å². The first kappa shape index (κ1) is 15.8. The molecule has 1 heterocycles. The number of rotatable bonds is 5. The van der Waals surface area contributed by atoms with E-state index < -0.39 is 12.0 Å². The van der Waals surface area contributed by atoms with Crippen molar-refractivity contribution in [3.8, 4) is 5.75 Å². The van der Waals surface area contributed by atoms with E-state index >= 15 is 0 Å². The van der Waals surface area contributed by atoms with Gasteiger partial charge in [0.25, 0.3) is 5.91 Å². The maximum atomic E-state index is 12.1. The number of ether oxygens (including phenoxy) is 1. The fourth-order valence-corrected chi connectivity index (χ4v) is 2.95. The smallest absolute Gasteiger partial charge is 0.253 e. The van der Waals surface area contributed by atoms with Crippen molar-refractivity contribution in [3.63, 3.8) is 0 Å². The minimum absolute atomic E-state index is 0.213. The quantitative estimate of drug-likeness (QED) is 0.886. The Morgan fingerprint density at radius 1 is 1.38 bits per heavy atom. The third kappa shape index (κ3) is 3.97. The molecule has 0 fully saturated rings. The molecule has 2 unspecified atom stereocenters. The third-order valence-electron chi connectivity index (χ3n) is 3.04. The molecule has 2 rings (SSSR count). The highest BCUT2D eigenvalue weighted by atomic mass is 35.5. The molecule has 2 aromatic rings. The van der Waals surface area contributed by atoms with Crippen molar-refractivity contribution in [1.29, 1.82) is 0 Å². The Morgan fingerprint density at radius 3 is 2.76 bits per heavy atom. The van der Waals surface area contributed by atoms with Gasteiger partial charge in [0, 0.05) is 4.88 Å². The lowest BCUT2D eigenvalue weighted by molar-refractivity contribution is -0.130. The summed E-state index contributed by atoms with van der Waals surface area (Å²) in [4.78, 5) is 13.0. The Bertz CT molecular complexity index is 629. The summed E-state index contributed by atoms with van der Waals surface area (Å²) >= 11 is 7.28. The van der Waals surface area contributed by atoms with Crippen LogP contribution in [0.1, 0.15) is 29.5 Å². The van der Waals surface area contributed by atoms with E-state index in [1.54, 1.807) is 30.3 Å². The second-order valence-electron chi connectivity index (χ2n) is 4.55. The molecule has 112 valence electrons. The van der Waals surface area contributed by atoms with Crippen molar-refractivity contribution in [3.05, 3.63) is 51.2 Å². The summed E-state index contributed by atoms with van der Waals surface area (Å²) in [7, 11) is 1.54. The molecule has 0 aliphatic heterocycles. The van der Waals surface area contributed by atoms with E-state index in [4.69, 9.17) is 16.3 Å². The van der Waals surface area contributed by atoms with Gasteiger partial charge in [0.1, 0.15) is 5.75 Å².